The highest BCUT2D eigenvalue weighted by atomic mass is 35.5. The number of hydrogen-bond acceptors (Lipinski definition) is 1. The Morgan fingerprint density at radius 1 is 1.46 bits per heavy atom. The van der Waals surface area contributed by atoms with Gasteiger partial charge in [-0.05, 0) is 37.0 Å². The number of aliphatic hydroxyl groups is 1. The molecule has 0 amide bonds. The van der Waals surface area contributed by atoms with E-state index in [9.17, 15) is 5.11 Å². The molecular formula is C11H15ClO. The zero-order chi connectivity index (χ0) is 9.84. The Morgan fingerprint density at radius 2 is 2.15 bits per heavy atom. The van der Waals surface area contributed by atoms with E-state index in [1.54, 1.807) is 0 Å². The van der Waals surface area contributed by atoms with Crippen molar-refractivity contribution >= 4 is 11.6 Å². The molecule has 0 fully saturated rings. The third kappa shape index (κ3) is 3.02. The summed E-state index contributed by atoms with van der Waals surface area (Å²) >= 11 is 5.96. The number of aliphatic hydroxyl groups excluding tert-OH is 1. The van der Waals surface area contributed by atoms with E-state index in [4.69, 9.17) is 11.6 Å². The van der Waals surface area contributed by atoms with Gasteiger partial charge in [-0.2, -0.15) is 0 Å². The van der Waals surface area contributed by atoms with Crippen molar-refractivity contribution in [3.8, 4) is 0 Å². The first kappa shape index (κ1) is 10.6. The van der Waals surface area contributed by atoms with Gasteiger partial charge < -0.3 is 5.11 Å². The second-order valence-corrected chi connectivity index (χ2v) is 3.76. The topological polar surface area (TPSA) is 20.2 Å². The summed E-state index contributed by atoms with van der Waals surface area (Å²) in [5.74, 6) is 0. The lowest BCUT2D eigenvalue weighted by Crippen LogP contribution is -2.08. The highest BCUT2D eigenvalue weighted by molar-refractivity contribution is 6.31. The molecular weight excluding hydrogens is 184 g/mol. The summed E-state index contributed by atoms with van der Waals surface area (Å²) in [6.07, 6.45) is 1.22. The molecule has 0 unspecified atom stereocenters. The van der Waals surface area contributed by atoms with Gasteiger partial charge in [-0.25, -0.2) is 0 Å². The summed E-state index contributed by atoms with van der Waals surface area (Å²) in [6, 6.07) is 5.93. The van der Waals surface area contributed by atoms with Crippen LogP contribution in [-0.4, -0.2) is 11.2 Å². The third-order valence-corrected chi connectivity index (χ3v) is 2.59. The number of benzene rings is 1. The normalized spacial score (nSPS) is 12.9. The minimum Gasteiger partial charge on any atom is -0.393 e. The number of halogens is 1. The van der Waals surface area contributed by atoms with Gasteiger partial charge >= 0.3 is 0 Å². The predicted octanol–water partition coefficient (Wildman–Crippen LogP) is 2.96. The summed E-state index contributed by atoms with van der Waals surface area (Å²) < 4.78 is 0. The molecule has 2 heteroatoms. The van der Waals surface area contributed by atoms with Crippen LogP contribution in [0, 0.1) is 6.92 Å². The number of hydrogen-bond donors (Lipinski definition) is 1. The van der Waals surface area contributed by atoms with Crippen LogP contribution in [0.15, 0.2) is 18.2 Å². The molecule has 0 heterocycles. The van der Waals surface area contributed by atoms with Crippen LogP contribution in [0.5, 0.6) is 0 Å². The van der Waals surface area contributed by atoms with E-state index >= 15 is 0 Å². The first-order valence-corrected chi connectivity index (χ1v) is 4.94. The van der Waals surface area contributed by atoms with Crippen LogP contribution in [-0.2, 0) is 6.42 Å². The first-order valence-electron chi connectivity index (χ1n) is 4.56. The van der Waals surface area contributed by atoms with Crippen molar-refractivity contribution < 1.29 is 5.11 Å². The van der Waals surface area contributed by atoms with E-state index < -0.39 is 0 Å². The Labute approximate surface area is 84.4 Å². The van der Waals surface area contributed by atoms with Gasteiger partial charge in [0, 0.05) is 5.02 Å². The lowest BCUT2D eigenvalue weighted by molar-refractivity contribution is 0.171. The van der Waals surface area contributed by atoms with Gasteiger partial charge in [0.25, 0.3) is 0 Å². The van der Waals surface area contributed by atoms with Crippen molar-refractivity contribution in [1.29, 1.82) is 0 Å². The number of rotatable bonds is 3. The van der Waals surface area contributed by atoms with Crippen LogP contribution >= 0.6 is 11.6 Å². The molecule has 1 aromatic rings. The van der Waals surface area contributed by atoms with Crippen LogP contribution in [0.2, 0.25) is 5.02 Å². The van der Waals surface area contributed by atoms with Crippen molar-refractivity contribution in [2.24, 2.45) is 0 Å². The molecule has 0 aliphatic carbocycles. The summed E-state index contributed by atoms with van der Waals surface area (Å²) in [7, 11) is 0. The van der Waals surface area contributed by atoms with Crippen molar-refractivity contribution in [3.63, 3.8) is 0 Å². The van der Waals surface area contributed by atoms with E-state index in [0.29, 0.717) is 6.42 Å². The molecule has 0 saturated carbocycles. The molecule has 0 saturated heterocycles. The lowest BCUT2D eigenvalue weighted by atomic mass is 10.0. The standard InChI is InChI=1S/C11H15ClO/c1-3-10(13)6-9-5-4-8(2)11(12)7-9/h4-5,7,10,13H,3,6H2,1-2H3/t10-/m0/s1. The van der Waals surface area contributed by atoms with Crippen molar-refractivity contribution in [1.82, 2.24) is 0 Å². The zero-order valence-electron chi connectivity index (χ0n) is 8.05. The van der Waals surface area contributed by atoms with Crippen LogP contribution in [0.1, 0.15) is 24.5 Å². The molecule has 72 valence electrons. The van der Waals surface area contributed by atoms with Crippen molar-refractivity contribution in [2.75, 3.05) is 0 Å². The molecule has 1 aromatic carbocycles. The van der Waals surface area contributed by atoms with Crippen molar-refractivity contribution in [2.45, 2.75) is 32.8 Å². The Kier molecular flexibility index (Phi) is 3.76. The maximum Gasteiger partial charge on any atom is 0.0577 e. The Morgan fingerprint density at radius 3 is 2.69 bits per heavy atom. The molecule has 0 radical (unpaired) electrons. The average Bonchev–Trinajstić information content (AvgIpc) is 2.11. The molecule has 1 rings (SSSR count). The smallest absolute Gasteiger partial charge is 0.0577 e. The second-order valence-electron chi connectivity index (χ2n) is 3.35. The van der Waals surface area contributed by atoms with Crippen LogP contribution in [0.4, 0.5) is 0 Å². The Balaban J connectivity index is 2.73. The summed E-state index contributed by atoms with van der Waals surface area (Å²) in [6.45, 7) is 3.95. The minimum atomic E-state index is -0.251. The fraction of sp³-hybridized carbons (Fsp3) is 0.455. The SMILES string of the molecule is CC[C@H](O)Cc1ccc(C)c(Cl)c1. The molecule has 1 N–H and O–H groups in total. The summed E-state index contributed by atoms with van der Waals surface area (Å²) in [5.41, 5.74) is 2.18. The molecule has 0 aromatic heterocycles. The van der Waals surface area contributed by atoms with Gasteiger partial charge in [0.2, 0.25) is 0 Å². The van der Waals surface area contributed by atoms with Gasteiger partial charge in [-0.1, -0.05) is 30.7 Å². The van der Waals surface area contributed by atoms with Crippen LogP contribution < -0.4 is 0 Å². The fourth-order valence-electron chi connectivity index (χ4n) is 1.18. The summed E-state index contributed by atoms with van der Waals surface area (Å²) in [4.78, 5) is 0. The van der Waals surface area contributed by atoms with E-state index in [1.165, 1.54) is 0 Å². The monoisotopic (exact) mass is 198 g/mol. The Bertz CT molecular complexity index is 283. The molecule has 0 aliphatic rings. The van der Waals surface area contributed by atoms with Crippen LogP contribution in [0.3, 0.4) is 0 Å². The van der Waals surface area contributed by atoms with Crippen molar-refractivity contribution in [3.05, 3.63) is 34.3 Å². The van der Waals surface area contributed by atoms with Crippen LogP contribution in [0.25, 0.3) is 0 Å². The highest BCUT2D eigenvalue weighted by Crippen LogP contribution is 2.17. The van der Waals surface area contributed by atoms with Gasteiger partial charge in [0.1, 0.15) is 0 Å². The quantitative estimate of drug-likeness (QED) is 0.792. The molecule has 13 heavy (non-hydrogen) atoms. The zero-order valence-corrected chi connectivity index (χ0v) is 8.80. The maximum atomic E-state index is 9.43. The summed E-state index contributed by atoms with van der Waals surface area (Å²) in [5, 5.41) is 10.2. The fourth-order valence-corrected chi connectivity index (χ4v) is 1.38. The van der Waals surface area contributed by atoms with Gasteiger partial charge in [0.15, 0.2) is 0 Å². The van der Waals surface area contributed by atoms with Gasteiger partial charge in [-0.3, -0.25) is 0 Å². The molecule has 1 atom stereocenters. The van der Waals surface area contributed by atoms with Gasteiger partial charge in [-0.15, -0.1) is 0 Å². The molecule has 0 bridgehead atoms. The Hall–Kier alpha value is -0.530. The van der Waals surface area contributed by atoms with Gasteiger partial charge in [0.05, 0.1) is 6.10 Å². The highest BCUT2D eigenvalue weighted by Gasteiger charge is 2.03. The maximum absolute atomic E-state index is 9.43. The molecule has 0 spiro atoms. The van der Waals surface area contributed by atoms with E-state index in [-0.39, 0.29) is 6.10 Å². The average molecular weight is 199 g/mol. The third-order valence-electron chi connectivity index (χ3n) is 2.18. The number of aryl methyl sites for hydroxylation is 1. The second kappa shape index (κ2) is 4.64. The first-order chi connectivity index (χ1) is 6.13. The predicted molar refractivity (Wildman–Crippen MR) is 56.2 cm³/mol. The van der Waals surface area contributed by atoms with E-state index in [0.717, 1.165) is 22.6 Å². The molecule has 1 nitrogen and oxygen atoms in total. The largest absolute Gasteiger partial charge is 0.393 e. The van der Waals surface area contributed by atoms with E-state index in [1.807, 2.05) is 32.0 Å². The van der Waals surface area contributed by atoms with E-state index in [2.05, 4.69) is 0 Å². The minimum absolute atomic E-state index is 0.251. The lowest BCUT2D eigenvalue weighted by Gasteiger charge is -2.08. The molecule has 0 aliphatic heterocycles.